The molecule has 0 aliphatic carbocycles. The first-order valence-electron chi connectivity index (χ1n) is 3.72. The first-order valence-corrected chi connectivity index (χ1v) is 3.72. The van der Waals surface area contributed by atoms with E-state index in [1.165, 1.54) is 0 Å². The van der Waals surface area contributed by atoms with Crippen molar-refractivity contribution in [2.75, 3.05) is 6.54 Å². The maximum atomic E-state index is 10.5. The predicted molar refractivity (Wildman–Crippen MR) is 37.8 cm³/mol. The summed E-state index contributed by atoms with van der Waals surface area (Å²) in [6.45, 7) is 2.89. The highest BCUT2D eigenvalue weighted by atomic mass is 16.4. The highest BCUT2D eigenvalue weighted by Crippen LogP contribution is 2.18. The van der Waals surface area contributed by atoms with Crippen molar-refractivity contribution in [3.05, 3.63) is 0 Å². The van der Waals surface area contributed by atoms with E-state index in [1.54, 1.807) is 0 Å². The molecule has 2 atom stereocenters. The molecule has 0 aromatic carbocycles. The number of nitrogens with one attached hydrogen (secondary N) is 1. The number of rotatable bonds is 2. The van der Waals surface area contributed by atoms with Gasteiger partial charge in [-0.15, -0.1) is 0 Å². The number of hydrogen-bond acceptors (Lipinski definition) is 2. The fraction of sp³-hybridized carbons (Fsp3) is 0.857. The minimum Gasteiger partial charge on any atom is -0.480 e. The van der Waals surface area contributed by atoms with Gasteiger partial charge in [0.05, 0.1) is 0 Å². The number of hydrogen-bond donors (Lipinski definition) is 2. The number of carbonyl (C=O) groups is 1. The zero-order chi connectivity index (χ0) is 7.56. The van der Waals surface area contributed by atoms with Crippen molar-refractivity contribution >= 4 is 5.97 Å². The summed E-state index contributed by atoms with van der Waals surface area (Å²) in [4.78, 5) is 10.5. The van der Waals surface area contributed by atoms with Gasteiger partial charge in [0, 0.05) is 0 Å². The summed E-state index contributed by atoms with van der Waals surface area (Å²) >= 11 is 0. The summed E-state index contributed by atoms with van der Waals surface area (Å²) in [6, 6.07) is -0.287. The van der Waals surface area contributed by atoms with Crippen molar-refractivity contribution in [3.63, 3.8) is 0 Å². The number of carboxylic acid groups (broad SMARTS) is 1. The second-order valence-electron chi connectivity index (χ2n) is 2.73. The maximum Gasteiger partial charge on any atom is 0.320 e. The summed E-state index contributed by atoms with van der Waals surface area (Å²) in [6.07, 6.45) is 1.97. The lowest BCUT2D eigenvalue weighted by Gasteiger charge is -2.11. The van der Waals surface area contributed by atoms with Crippen LogP contribution < -0.4 is 5.32 Å². The van der Waals surface area contributed by atoms with E-state index in [2.05, 4.69) is 5.32 Å². The molecule has 3 heteroatoms. The van der Waals surface area contributed by atoms with E-state index < -0.39 is 5.97 Å². The van der Waals surface area contributed by atoms with Gasteiger partial charge in [-0.25, -0.2) is 0 Å². The number of carboxylic acids is 1. The van der Waals surface area contributed by atoms with Crippen LogP contribution in [0.3, 0.4) is 0 Å². The zero-order valence-corrected chi connectivity index (χ0v) is 6.13. The van der Waals surface area contributed by atoms with Gasteiger partial charge in [-0.1, -0.05) is 13.3 Å². The fourth-order valence-electron chi connectivity index (χ4n) is 1.49. The van der Waals surface area contributed by atoms with Crippen LogP contribution in [0.2, 0.25) is 0 Å². The van der Waals surface area contributed by atoms with Crippen molar-refractivity contribution in [2.24, 2.45) is 5.92 Å². The Morgan fingerprint density at radius 2 is 2.50 bits per heavy atom. The summed E-state index contributed by atoms with van der Waals surface area (Å²) in [5.41, 5.74) is 0. The second-order valence-corrected chi connectivity index (χ2v) is 2.73. The highest BCUT2D eigenvalue weighted by Gasteiger charge is 2.30. The summed E-state index contributed by atoms with van der Waals surface area (Å²) < 4.78 is 0. The molecule has 0 radical (unpaired) electrons. The van der Waals surface area contributed by atoms with Gasteiger partial charge in [0.15, 0.2) is 0 Å². The monoisotopic (exact) mass is 143 g/mol. The molecule has 0 aromatic heterocycles. The van der Waals surface area contributed by atoms with E-state index in [1.807, 2.05) is 6.92 Å². The normalized spacial score (nSPS) is 32.5. The molecule has 3 nitrogen and oxygen atoms in total. The summed E-state index contributed by atoms with van der Waals surface area (Å²) in [5, 5.41) is 11.6. The molecule has 0 amide bonds. The molecule has 1 fully saturated rings. The Balaban J connectivity index is 2.50. The molecule has 2 N–H and O–H groups in total. The number of aliphatic carboxylic acids is 1. The molecule has 1 rings (SSSR count). The smallest absolute Gasteiger partial charge is 0.320 e. The third-order valence-corrected chi connectivity index (χ3v) is 2.14. The molecule has 0 aromatic rings. The second kappa shape index (κ2) is 3.01. The Bertz CT molecular complexity index is 136. The van der Waals surface area contributed by atoms with Crippen LogP contribution in [0.5, 0.6) is 0 Å². The van der Waals surface area contributed by atoms with Gasteiger partial charge < -0.3 is 10.4 Å². The quantitative estimate of drug-likeness (QED) is 0.590. The van der Waals surface area contributed by atoms with Crippen LogP contribution in [-0.4, -0.2) is 23.7 Å². The molecule has 10 heavy (non-hydrogen) atoms. The van der Waals surface area contributed by atoms with Crippen molar-refractivity contribution < 1.29 is 9.90 Å². The van der Waals surface area contributed by atoms with Crippen LogP contribution in [0.4, 0.5) is 0 Å². The molecule has 0 unspecified atom stereocenters. The summed E-state index contributed by atoms with van der Waals surface area (Å²) in [5.74, 6) is -0.359. The first-order chi connectivity index (χ1) is 4.75. The van der Waals surface area contributed by atoms with Crippen molar-refractivity contribution in [1.82, 2.24) is 5.32 Å². The first kappa shape index (κ1) is 7.54. The van der Waals surface area contributed by atoms with Gasteiger partial charge in [-0.3, -0.25) is 4.79 Å². The largest absolute Gasteiger partial charge is 0.480 e. The Kier molecular flexibility index (Phi) is 2.27. The van der Waals surface area contributed by atoms with Gasteiger partial charge in [-0.05, 0) is 18.9 Å². The average molecular weight is 143 g/mol. The van der Waals surface area contributed by atoms with E-state index in [-0.39, 0.29) is 6.04 Å². The van der Waals surface area contributed by atoms with Crippen molar-refractivity contribution in [2.45, 2.75) is 25.8 Å². The molecular weight excluding hydrogens is 130 g/mol. The lowest BCUT2D eigenvalue weighted by molar-refractivity contribution is -0.140. The van der Waals surface area contributed by atoms with Gasteiger partial charge in [-0.2, -0.15) is 0 Å². The van der Waals surface area contributed by atoms with Gasteiger partial charge in [0.1, 0.15) is 6.04 Å². The molecule has 0 saturated carbocycles. The highest BCUT2D eigenvalue weighted by molar-refractivity contribution is 5.74. The van der Waals surface area contributed by atoms with Crippen LogP contribution in [0.15, 0.2) is 0 Å². The lowest BCUT2D eigenvalue weighted by atomic mass is 9.98. The molecule has 1 aliphatic heterocycles. The third kappa shape index (κ3) is 1.29. The van der Waals surface area contributed by atoms with Crippen LogP contribution in [0.1, 0.15) is 19.8 Å². The van der Waals surface area contributed by atoms with E-state index in [0.717, 1.165) is 19.4 Å². The third-order valence-electron chi connectivity index (χ3n) is 2.14. The summed E-state index contributed by atoms with van der Waals surface area (Å²) in [7, 11) is 0. The van der Waals surface area contributed by atoms with E-state index in [0.29, 0.717) is 5.92 Å². The molecular formula is C7H13NO2. The standard InChI is InChI=1S/C7H13NO2/c1-2-5-3-4-8-6(5)7(9)10/h5-6,8H,2-4H2,1H3,(H,9,10)/t5-,6+/m1/s1. The van der Waals surface area contributed by atoms with Crippen molar-refractivity contribution in [3.8, 4) is 0 Å². The minimum absolute atomic E-state index is 0.287. The maximum absolute atomic E-state index is 10.5. The average Bonchev–Trinajstić information content (AvgIpc) is 2.33. The van der Waals surface area contributed by atoms with Gasteiger partial charge >= 0.3 is 5.97 Å². The zero-order valence-electron chi connectivity index (χ0n) is 6.13. The van der Waals surface area contributed by atoms with E-state index in [9.17, 15) is 4.79 Å². The van der Waals surface area contributed by atoms with Crippen LogP contribution >= 0.6 is 0 Å². The Labute approximate surface area is 60.4 Å². The Hall–Kier alpha value is -0.570. The van der Waals surface area contributed by atoms with Crippen LogP contribution in [0, 0.1) is 5.92 Å². The molecule has 0 bridgehead atoms. The molecule has 1 aliphatic rings. The molecule has 1 saturated heterocycles. The van der Waals surface area contributed by atoms with Crippen molar-refractivity contribution in [1.29, 1.82) is 0 Å². The Morgan fingerprint density at radius 1 is 1.80 bits per heavy atom. The predicted octanol–water partition coefficient (Wildman–Crippen LogP) is 0.459. The topological polar surface area (TPSA) is 49.3 Å². The van der Waals surface area contributed by atoms with E-state index in [4.69, 9.17) is 5.11 Å². The van der Waals surface area contributed by atoms with Gasteiger partial charge in [0.25, 0.3) is 0 Å². The van der Waals surface area contributed by atoms with Crippen LogP contribution in [-0.2, 0) is 4.79 Å². The lowest BCUT2D eigenvalue weighted by Crippen LogP contribution is -2.35. The van der Waals surface area contributed by atoms with Gasteiger partial charge in [0.2, 0.25) is 0 Å². The molecule has 58 valence electrons. The molecule has 0 spiro atoms. The SMILES string of the molecule is CC[C@@H]1CCN[C@@H]1C(=O)O. The minimum atomic E-state index is -0.704. The Morgan fingerprint density at radius 3 is 2.90 bits per heavy atom. The van der Waals surface area contributed by atoms with Crippen LogP contribution in [0.25, 0.3) is 0 Å². The van der Waals surface area contributed by atoms with E-state index >= 15 is 0 Å². The molecule has 1 heterocycles. The fourth-order valence-corrected chi connectivity index (χ4v) is 1.49.